The Morgan fingerprint density at radius 1 is 1.73 bits per heavy atom. The summed E-state index contributed by atoms with van der Waals surface area (Å²) in [5.41, 5.74) is 1.09. The first-order valence-electron chi connectivity index (χ1n) is 5.35. The molecule has 0 spiro atoms. The number of hydrogen-bond donors (Lipinski definition) is 0. The van der Waals surface area contributed by atoms with Crippen LogP contribution in [0.25, 0.3) is 0 Å². The Morgan fingerprint density at radius 2 is 2.60 bits per heavy atom. The van der Waals surface area contributed by atoms with Crippen molar-refractivity contribution in [2.45, 2.75) is 26.3 Å². The van der Waals surface area contributed by atoms with Gasteiger partial charge >= 0.3 is 0 Å². The van der Waals surface area contributed by atoms with E-state index < -0.39 is 0 Å². The number of hydrogen-bond acceptors (Lipinski definition) is 3. The molecule has 0 amide bonds. The number of carbonyl (C=O) groups is 1. The van der Waals surface area contributed by atoms with Crippen LogP contribution in [0.2, 0.25) is 0 Å². The van der Waals surface area contributed by atoms with Gasteiger partial charge in [-0.05, 0) is 25.3 Å². The molecular weight excluding hydrogens is 192 g/mol. The predicted octanol–water partition coefficient (Wildman–Crippen LogP) is 1.19. The Morgan fingerprint density at radius 3 is 3.20 bits per heavy atom. The average Bonchev–Trinajstić information content (AvgIpc) is 2.65. The van der Waals surface area contributed by atoms with Crippen LogP contribution in [0.1, 0.15) is 18.4 Å². The molecule has 1 saturated heterocycles. The van der Waals surface area contributed by atoms with Crippen molar-refractivity contribution in [1.82, 2.24) is 9.78 Å². The molecule has 0 N–H and O–H groups in total. The molecule has 1 atom stereocenters. The third-order valence-electron chi connectivity index (χ3n) is 2.70. The highest BCUT2D eigenvalue weighted by molar-refractivity contribution is 5.80. The van der Waals surface area contributed by atoms with Crippen LogP contribution in [0.15, 0.2) is 12.4 Å². The summed E-state index contributed by atoms with van der Waals surface area (Å²) < 4.78 is 7.00. The molecule has 0 saturated carbocycles. The molecule has 1 aliphatic rings. The van der Waals surface area contributed by atoms with Crippen LogP contribution < -0.4 is 0 Å². The second-order valence-electron chi connectivity index (χ2n) is 4.10. The third kappa shape index (κ3) is 2.65. The smallest absolute Gasteiger partial charge is 0.159 e. The van der Waals surface area contributed by atoms with Crippen LogP contribution in [-0.4, -0.2) is 28.8 Å². The second kappa shape index (κ2) is 4.57. The van der Waals surface area contributed by atoms with Crippen LogP contribution in [0.3, 0.4) is 0 Å². The summed E-state index contributed by atoms with van der Waals surface area (Å²) in [4.78, 5) is 11.8. The van der Waals surface area contributed by atoms with E-state index >= 15 is 0 Å². The molecule has 0 aliphatic carbocycles. The van der Waals surface area contributed by atoms with Crippen LogP contribution in [0.4, 0.5) is 0 Å². The van der Waals surface area contributed by atoms with Gasteiger partial charge in [0.05, 0.1) is 19.3 Å². The van der Waals surface area contributed by atoms with Gasteiger partial charge in [0, 0.05) is 18.7 Å². The highest BCUT2D eigenvalue weighted by Crippen LogP contribution is 2.15. The number of aryl methyl sites for hydroxylation is 1. The second-order valence-corrected chi connectivity index (χ2v) is 4.10. The van der Waals surface area contributed by atoms with Crippen molar-refractivity contribution in [1.29, 1.82) is 0 Å². The van der Waals surface area contributed by atoms with E-state index in [1.54, 1.807) is 10.9 Å². The topological polar surface area (TPSA) is 44.1 Å². The van der Waals surface area contributed by atoms with Gasteiger partial charge in [0.15, 0.2) is 5.78 Å². The van der Waals surface area contributed by atoms with Crippen LogP contribution >= 0.6 is 0 Å². The first kappa shape index (κ1) is 10.4. The molecule has 1 unspecified atom stereocenters. The minimum atomic E-state index is 0.0725. The van der Waals surface area contributed by atoms with Crippen LogP contribution in [0, 0.1) is 12.8 Å². The molecule has 82 valence electrons. The SMILES string of the molecule is Cc1cnn(CC(=O)C2CCCOC2)c1. The number of carbonyl (C=O) groups excluding carboxylic acids is 1. The van der Waals surface area contributed by atoms with Crippen molar-refractivity contribution in [2.24, 2.45) is 5.92 Å². The Balaban J connectivity index is 1.91. The number of rotatable bonds is 3. The van der Waals surface area contributed by atoms with Gasteiger partial charge in [0.25, 0.3) is 0 Å². The highest BCUT2D eigenvalue weighted by atomic mass is 16.5. The maximum atomic E-state index is 11.8. The zero-order valence-corrected chi connectivity index (χ0v) is 8.98. The first-order chi connectivity index (χ1) is 7.25. The summed E-state index contributed by atoms with van der Waals surface area (Å²) in [5, 5.41) is 4.11. The fourth-order valence-electron chi connectivity index (χ4n) is 1.84. The van der Waals surface area contributed by atoms with Crippen molar-refractivity contribution in [3.63, 3.8) is 0 Å². The number of aromatic nitrogens is 2. The van der Waals surface area contributed by atoms with Gasteiger partial charge in [-0.25, -0.2) is 0 Å². The zero-order chi connectivity index (χ0) is 10.7. The van der Waals surface area contributed by atoms with E-state index in [4.69, 9.17) is 4.74 Å². The minimum absolute atomic E-state index is 0.0725. The number of ether oxygens (including phenoxy) is 1. The van der Waals surface area contributed by atoms with E-state index in [2.05, 4.69) is 5.10 Å². The molecule has 1 aromatic rings. The first-order valence-corrected chi connectivity index (χ1v) is 5.35. The van der Waals surface area contributed by atoms with Gasteiger partial charge in [0.1, 0.15) is 0 Å². The summed E-state index contributed by atoms with van der Waals surface area (Å²) in [7, 11) is 0. The minimum Gasteiger partial charge on any atom is -0.381 e. The summed E-state index contributed by atoms with van der Waals surface area (Å²) in [6.45, 7) is 3.73. The normalized spacial score (nSPS) is 21.5. The lowest BCUT2D eigenvalue weighted by Gasteiger charge is -2.20. The monoisotopic (exact) mass is 208 g/mol. The molecule has 4 nitrogen and oxygen atoms in total. The van der Waals surface area contributed by atoms with E-state index in [-0.39, 0.29) is 11.7 Å². The Labute approximate surface area is 89.2 Å². The fraction of sp³-hybridized carbons (Fsp3) is 0.636. The predicted molar refractivity (Wildman–Crippen MR) is 55.5 cm³/mol. The van der Waals surface area contributed by atoms with E-state index in [1.165, 1.54) is 0 Å². The Kier molecular flexibility index (Phi) is 3.16. The van der Waals surface area contributed by atoms with Gasteiger partial charge in [-0.2, -0.15) is 5.10 Å². The van der Waals surface area contributed by atoms with Gasteiger partial charge in [0.2, 0.25) is 0 Å². The maximum Gasteiger partial charge on any atom is 0.159 e. The number of Topliss-reactive ketones (excluding diaryl/α,β-unsaturated/α-hetero) is 1. The summed E-state index contributed by atoms with van der Waals surface area (Å²) >= 11 is 0. The largest absolute Gasteiger partial charge is 0.381 e. The van der Waals surface area contributed by atoms with Crippen molar-refractivity contribution in [3.05, 3.63) is 18.0 Å². The van der Waals surface area contributed by atoms with Crippen LogP contribution in [0.5, 0.6) is 0 Å². The average molecular weight is 208 g/mol. The lowest BCUT2D eigenvalue weighted by atomic mass is 9.97. The third-order valence-corrected chi connectivity index (χ3v) is 2.70. The Bertz CT molecular complexity index is 340. The molecule has 15 heavy (non-hydrogen) atoms. The molecule has 2 rings (SSSR count). The van der Waals surface area contributed by atoms with Crippen molar-refractivity contribution >= 4 is 5.78 Å². The number of ketones is 1. The van der Waals surface area contributed by atoms with Gasteiger partial charge in [-0.3, -0.25) is 9.48 Å². The molecule has 1 fully saturated rings. The molecule has 1 aromatic heterocycles. The van der Waals surface area contributed by atoms with Crippen molar-refractivity contribution in [3.8, 4) is 0 Å². The molecule has 1 aliphatic heterocycles. The quantitative estimate of drug-likeness (QED) is 0.749. The molecule has 2 heterocycles. The van der Waals surface area contributed by atoms with Crippen LogP contribution in [-0.2, 0) is 16.1 Å². The highest BCUT2D eigenvalue weighted by Gasteiger charge is 2.21. The lowest BCUT2D eigenvalue weighted by molar-refractivity contribution is -0.127. The van der Waals surface area contributed by atoms with Crippen molar-refractivity contribution in [2.75, 3.05) is 13.2 Å². The molecule has 0 radical (unpaired) electrons. The van der Waals surface area contributed by atoms with E-state index in [1.807, 2.05) is 13.1 Å². The van der Waals surface area contributed by atoms with Crippen molar-refractivity contribution < 1.29 is 9.53 Å². The lowest BCUT2D eigenvalue weighted by Crippen LogP contribution is -2.28. The molecule has 0 aromatic carbocycles. The standard InChI is InChI=1S/C11H16N2O2/c1-9-5-12-13(6-9)7-11(14)10-3-2-4-15-8-10/h5-6,10H,2-4,7-8H2,1H3. The Hall–Kier alpha value is -1.16. The van der Waals surface area contributed by atoms with E-state index in [0.717, 1.165) is 25.0 Å². The molecule has 0 bridgehead atoms. The van der Waals surface area contributed by atoms with Gasteiger partial charge < -0.3 is 4.74 Å². The van der Waals surface area contributed by atoms with Gasteiger partial charge in [-0.15, -0.1) is 0 Å². The zero-order valence-electron chi connectivity index (χ0n) is 8.98. The summed E-state index contributed by atoms with van der Waals surface area (Å²) in [6.07, 6.45) is 5.61. The molecule has 4 heteroatoms. The van der Waals surface area contributed by atoms with Gasteiger partial charge in [-0.1, -0.05) is 0 Å². The maximum absolute atomic E-state index is 11.8. The summed E-state index contributed by atoms with van der Waals surface area (Å²) in [5.74, 6) is 0.307. The summed E-state index contributed by atoms with van der Waals surface area (Å²) in [6, 6.07) is 0. The molecular formula is C11H16N2O2. The fourth-order valence-corrected chi connectivity index (χ4v) is 1.84. The van der Waals surface area contributed by atoms with E-state index in [0.29, 0.717) is 13.2 Å². The number of nitrogens with zero attached hydrogens (tertiary/aromatic N) is 2. The van der Waals surface area contributed by atoms with E-state index in [9.17, 15) is 4.79 Å².